The summed E-state index contributed by atoms with van der Waals surface area (Å²) in [6, 6.07) is 0. The highest BCUT2D eigenvalue weighted by atomic mass is 16.3. The van der Waals surface area contributed by atoms with Crippen LogP contribution in [0.1, 0.15) is 55.8 Å². The van der Waals surface area contributed by atoms with E-state index >= 15 is 0 Å². The van der Waals surface area contributed by atoms with Gasteiger partial charge in [-0.05, 0) is 32.6 Å². The van der Waals surface area contributed by atoms with Gasteiger partial charge in [0, 0.05) is 18.0 Å². The summed E-state index contributed by atoms with van der Waals surface area (Å²) in [4.78, 5) is 8.93. The van der Waals surface area contributed by atoms with Crippen molar-refractivity contribution in [1.82, 2.24) is 9.97 Å². The topological polar surface area (TPSA) is 84.1 Å². The van der Waals surface area contributed by atoms with Crippen LogP contribution in [0, 0.1) is 6.92 Å². The Kier molecular flexibility index (Phi) is 3.09. The standard InChI is InChI=1S/C14H22N4O/c1-9-11(15)17-13(10-4-5-10)18-12(9)16-8-14(19)6-2-3-7-14/h10,19H,2-8H2,1H3,(H3,15,16,17,18). The molecule has 0 radical (unpaired) electrons. The fraction of sp³-hybridized carbons (Fsp3) is 0.714. The van der Waals surface area contributed by atoms with Crippen molar-refractivity contribution in [3.63, 3.8) is 0 Å². The van der Waals surface area contributed by atoms with Crippen LogP contribution in [0.5, 0.6) is 0 Å². The van der Waals surface area contributed by atoms with E-state index in [-0.39, 0.29) is 0 Å². The summed E-state index contributed by atoms with van der Waals surface area (Å²) in [7, 11) is 0. The number of hydrogen-bond acceptors (Lipinski definition) is 5. The molecule has 0 aromatic carbocycles. The minimum atomic E-state index is -0.577. The molecular formula is C14H22N4O. The number of aromatic nitrogens is 2. The van der Waals surface area contributed by atoms with Crippen LogP contribution >= 0.6 is 0 Å². The Morgan fingerprint density at radius 2 is 2.00 bits per heavy atom. The fourth-order valence-electron chi connectivity index (χ4n) is 2.71. The Balaban J connectivity index is 1.75. The van der Waals surface area contributed by atoms with Crippen molar-refractivity contribution in [3.8, 4) is 0 Å². The van der Waals surface area contributed by atoms with Crippen molar-refractivity contribution in [2.75, 3.05) is 17.6 Å². The van der Waals surface area contributed by atoms with E-state index in [0.29, 0.717) is 18.3 Å². The van der Waals surface area contributed by atoms with Gasteiger partial charge in [-0.25, -0.2) is 9.97 Å². The first kappa shape index (κ1) is 12.7. The molecule has 1 aromatic heterocycles. The molecule has 4 N–H and O–H groups in total. The SMILES string of the molecule is Cc1c(N)nc(C2CC2)nc1NCC1(O)CCCC1. The van der Waals surface area contributed by atoms with E-state index < -0.39 is 5.60 Å². The van der Waals surface area contributed by atoms with E-state index in [4.69, 9.17) is 5.73 Å². The van der Waals surface area contributed by atoms with Gasteiger partial charge in [-0.2, -0.15) is 0 Å². The van der Waals surface area contributed by atoms with Crippen LogP contribution in [0.2, 0.25) is 0 Å². The summed E-state index contributed by atoms with van der Waals surface area (Å²) in [6.07, 6.45) is 6.27. The smallest absolute Gasteiger partial charge is 0.136 e. The minimum Gasteiger partial charge on any atom is -0.388 e. The molecule has 1 aromatic rings. The van der Waals surface area contributed by atoms with Crippen LogP contribution in [0.3, 0.4) is 0 Å². The third kappa shape index (κ3) is 2.66. The molecule has 104 valence electrons. The zero-order chi connectivity index (χ0) is 13.5. The van der Waals surface area contributed by atoms with E-state index in [1.165, 1.54) is 0 Å². The van der Waals surface area contributed by atoms with Gasteiger partial charge in [0.2, 0.25) is 0 Å². The molecule has 0 aliphatic heterocycles. The van der Waals surface area contributed by atoms with Gasteiger partial charge >= 0.3 is 0 Å². The van der Waals surface area contributed by atoms with Crippen molar-refractivity contribution < 1.29 is 5.11 Å². The molecule has 0 bridgehead atoms. The fourth-order valence-corrected chi connectivity index (χ4v) is 2.71. The van der Waals surface area contributed by atoms with Crippen LogP contribution in [0.25, 0.3) is 0 Å². The van der Waals surface area contributed by atoms with Crippen LogP contribution in [0.15, 0.2) is 0 Å². The van der Waals surface area contributed by atoms with Crippen molar-refractivity contribution in [1.29, 1.82) is 0 Å². The number of nitrogens with one attached hydrogen (secondary N) is 1. The van der Waals surface area contributed by atoms with Crippen LogP contribution in [-0.2, 0) is 0 Å². The van der Waals surface area contributed by atoms with Crippen molar-refractivity contribution in [2.24, 2.45) is 0 Å². The molecule has 2 fully saturated rings. The number of nitrogens with zero attached hydrogens (tertiary/aromatic N) is 2. The largest absolute Gasteiger partial charge is 0.388 e. The maximum absolute atomic E-state index is 10.4. The van der Waals surface area contributed by atoms with Crippen LogP contribution in [0.4, 0.5) is 11.6 Å². The summed E-state index contributed by atoms with van der Waals surface area (Å²) in [6.45, 7) is 2.47. The zero-order valence-electron chi connectivity index (χ0n) is 11.4. The molecule has 0 amide bonds. The predicted octanol–water partition coefficient (Wildman–Crippen LogP) is 1.96. The van der Waals surface area contributed by atoms with Crippen molar-refractivity contribution in [2.45, 2.75) is 57.0 Å². The highest BCUT2D eigenvalue weighted by Gasteiger charge is 2.32. The third-order valence-electron chi connectivity index (χ3n) is 4.26. The normalized spacial score (nSPS) is 21.6. The summed E-state index contributed by atoms with van der Waals surface area (Å²) < 4.78 is 0. The molecule has 3 rings (SSSR count). The second-order valence-electron chi connectivity index (χ2n) is 6.00. The Hall–Kier alpha value is -1.36. The molecule has 2 saturated carbocycles. The van der Waals surface area contributed by atoms with E-state index in [9.17, 15) is 5.11 Å². The number of anilines is 2. The van der Waals surface area contributed by atoms with E-state index in [1.54, 1.807) is 0 Å². The lowest BCUT2D eigenvalue weighted by molar-refractivity contribution is 0.0614. The number of aliphatic hydroxyl groups is 1. The molecule has 0 spiro atoms. The Labute approximate surface area is 113 Å². The summed E-state index contributed by atoms with van der Waals surface area (Å²) in [5, 5.41) is 13.6. The highest BCUT2D eigenvalue weighted by molar-refractivity contribution is 5.55. The van der Waals surface area contributed by atoms with Gasteiger partial charge in [0.1, 0.15) is 17.5 Å². The minimum absolute atomic E-state index is 0.484. The van der Waals surface area contributed by atoms with Gasteiger partial charge in [-0.15, -0.1) is 0 Å². The molecule has 1 heterocycles. The van der Waals surface area contributed by atoms with Gasteiger partial charge in [0.15, 0.2) is 0 Å². The first-order chi connectivity index (χ1) is 9.07. The molecular weight excluding hydrogens is 240 g/mol. The molecule has 0 unspecified atom stereocenters. The monoisotopic (exact) mass is 262 g/mol. The van der Waals surface area contributed by atoms with Gasteiger partial charge < -0.3 is 16.2 Å². The molecule has 2 aliphatic carbocycles. The molecule has 19 heavy (non-hydrogen) atoms. The Morgan fingerprint density at radius 1 is 1.32 bits per heavy atom. The number of nitrogens with two attached hydrogens (primary N) is 1. The number of rotatable bonds is 4. The molecule has 0 atom stereocenters. The summed E-state index contributed by atoms with van der Waals surface area (Å²) in [5.41, 5.74) is 6.25. The lowest BCUT2D eigenvalue weighted by Gasteiger charge is -2.23. The van der Waals surface area contributed by atoms with Crippen molar-refractivity contribution in [3.05, 3.63) is 11.4 Å². The van der Waals surface area contributed by atoms with Crippen LogP contribution in [-0.4, -0.2) is 27.2 Å². The van der Waals surface area contributed by atoms with Crippen molar-refractivity contribution >= 4 is 11.6 Å². The molecule has 5 heteroatoms. The van der Waals surface area contributed by atoms with Gasteiger partial charge in [-0.1, -0.05) is 12.8 Å². The summed E-state index contributed by atoms with van der Waals surface area (Å²) >= 11 is 0. The van der Waals surface area contributed by atoms with Gasteiger partial charge in [0.05, 0.1) is 5.60 Å². The lowest BCUT2D eigenvalue weighted by Crippen LogP contribution is -2.34. The van der Waals surface area contributed by atoms with E-state index in [1.807, 2.05) is 6.92 Å². The third-order valence-corrected chi connectivity index (χ3v) is 4.26. The molecule has 0 saturated heterocycles. The number of hydrogen-bond donors (Lipinski definition) is 3. The highest BCUT2D eigenvalue weighted by Crippen LogP contribution is 2.39. The zero-order valence-corrected chi connectivity index (χ0v) is 11.4. The van der Waals surface area contributed by atoms with Gasteiger partial charge in [-0.3, -0.25) is 0 Å². The average molecular weight is 262 g/mol. The second-order valence-corrected chi connectivity index (χ2v) is 6.00. The maximum Gasteiger partial charge on any atom is 0.136 e. The first-order valence-electron chi connectivity index (χ1n) is 7.18. The average Bonchev–Trinajstić information content (AvgIpc) is 3.14. The van der Waals surface area contributed by atoms with Gasteiger partial charge in [0.25, 0.3) is 0 Å². The quantitative estimate of drug-likeness (QED) is 0.772. The second kappa shape index (κ2) is 4.63. The van der Waals surface area contributed by atoms with E-state index in [0.717, 1.165) is 55.7 Å². The summed E-state index contributed by atoms with van der Waals surface area (Å²) in [5.74, 6) is 2.68. The van der Waals surface area contributed by atoms with Crippen LogP contribution < -0.4 is 11.1 Å². The Morgan fingerprint density at radius 3 is 2.63 bits per heavy atom. The van der Waals surface area contributed by atoms with E-state index in [2.05, 4.69) is 15.3 Å². The molecule has 5 nitrogen and oxygen atoms in total. The predicted molar refractivity (Wildman–Crippen MR) is 75.1 cm³/mol. The maximum atomic E-state index is 10.4. The lowest BCUT2D eigenvalue weighted by atomic mass is 10.0. The number of nitrogen functional groups attached to an aromatic ring is 1. The Bertz CT molecular complexity index is 479. The first-order valence-corrected chi connectivity index (χ1v) is 7.18. The molecule has 2 aliphatic rings.